The lowest BCUT2D eigenvalue weighted by Gasteiger charge is -2.15. The van der Waals surface area contributed by atoms with E-state index in [-0.39, 0.29) is 6.04 Å². The van der Waals surface area contributed by atoms with E-state index in [0.29, 0.717) is 10.0 Å². The first-order valence-electron chi connectivity index (χ1n) is 7.83. The van der Waals surface area contributed by atoms with Gasteiger partial charge in [0.05, 0.1) is 6.33 Å². The van der Waals surface area contributed by atoms with Crippen LogP contribution < -0.4 is 5.32 Å². The van der Waals surface area contributed by atoms with E-state index in [4.69, 9.17) is 23.2 Å². The van der Waals surface area contributed by atoms with Crippen molar-refractivity contribution in [3.63, 3.8) is 0 Å². The second-order valence-corrected chi connectivity index (χ2v) is 6.73. The lowest BCUT2D eigenvalue weighted by Crippen LogP contribution is -2.18. The van der Waals surface area contributed by atoms with Crippen LogP contribution in [0.4, 0.5) is 0 Å². The summed E-state index contributed by atoms with van der Waals surface area (Å²) >= 11 is 12.1. The molecule has 5 heteroatoms. The minimum Gasteiger partial charge on any atom is -0.333 e. The average molecular weight is 360 g/mol. The van der Waals surface area contributed by atoms with Crippen LogP contribution in [0, 0.1) is 0 Å². The number of halogens is 2. The minimum atomic E-state index is 0.173. The van der Waals surface area contributed by atoms with Gasteiger partial charge in [-0.2, -0.15) is 0 Å². The summed E-state index contributed by atoms with van der Waals surface area (Å²) in [4.78, 5) is 4.06. The molecule has 1 N–H and O–H groups in total. The molecule has 3 nitrogen and oxygen atoms in total. The van der Waals surface area contributed by atoms with Crippen molar-refractivity contribution in [3.05, 3.63) is 87.9 Å². The highest BCUT2D eigenvalue weighted by Crippen LogP contribution is 2.23. The number of hydrogen-bond acceptors (Lipinski definition) is 2. The van der Waals surface area contributed by atoms with Crippen LogP contribution >= 0.6 is 23.2 Å². The molecular weight excluding hydrogens is 341 g/mol. The van der Waals surface area contributed by atoms with Gasteiger partial charge in [0.25, 0.3) is 0 Å². The largest absolute Gasteiger partial charge is 0.333 e. The molecule has 0 radical (unpaired) electrons. The molecule has 0 fully saturated rings. The zero-order valence-corrected chi connectivity index (χ0v) is 14.9. The van der Waals surface area contributed by atoms with Crippen molar-refractivity contribution in [3.8, 4) is 0 Å². The van der Waals surface area contributed by atoms with Crippen LogP contribution in [-0.4, -0.2) is 9.55 Å². The first-order valence-corrected chi connectivity index (χ1v) is 8.59. The van der Waals surface area contributed by atoms with Crippen molar-refractivity contribution < 1.29 is 0 Å². The van der Waals surface area contributed by atoms with Crippen molar-refractivity contribution in [2.24, 2.45) is 0 Å². The van der Waals surface area contributed by atoms with Gasteiger partial charge in [-0.05, 0) is 41.8 Å². The molecular formula is C19H19Cl2N3. The van der Waals surface area contributed by atoms with E-state index in [1.54, 1.807) is 12.3 Å². The molecule has 3 aromatic rings. The van der Waals surface area contributed by atoms with Crippen LogP contribution in [0.3, 0.4) is 0 Å². The van der Waals surface area contributed by atoms with E-state index in [2.05, 4.69) is 46.1 Å². The Labute approximate surface area is 152 Å². The molecule has 0 aliphatic rings. The Morgan fingerprint density at radius 1 is 1.04 bits per heavy atom. The number of imidazole rings is 1. The molecule has 1 heterocycles. The van der Waals surface area contributed by atoms with Crippen LogP contribution in [0.15, 0.2) is 61.2 Å². The summed E-state index contributed by atoms with van der Waals surface area (Å²) in [6.45, 7) is 3.73. The smallest absolute Gasteiger partial charge is 0.0949 e. The monoisotopic (exact) mass is 359 g/mol. The molecule has 1 atom stereocenters. The molecule has 124 valence electrons. The van der Waals surface area contributed by atoms with Gasteiger partial charge in [-0.15, -0.1) is 0 Å². The predicted molar refractivity (Wildman–Crippen MR) is 99.5 cm³/mol. The minimum absolute atomic E-state index is 0.173. The van der Waals surface area contributed by atoms with Crippen molar-refractivity contribution in [1.29, 1.82) is 0 Å². The SMILES string of the molecule is CC(NCc1ccc(Cn2ccnc2)cc1)c1cc(Cl)cc(Cl)c1. The topological polar surface area (TPSA) is 29.9 Å². The second-order valence-electron chi connectivity index (χ2n) is 5.86. The molecule has 0 amide bonds. The maximum absolute atomic E-state index is 6.07. The van der Waals surface area contributed by atoms with Crippen molar-refractivity contribution in [1.82, 2.24) is 14.9 Å². The average Bonchev–Trinajstić information content (AvgIpc) is 3.06. The van der Waals surface area contributed by atoms with Crippen LogP contribution in [0.5, 0.6) is 0 Å². The second kappa shape index (κ2) is 7.84. The third kappa shape index (κ3) is 4.60. The molecule has 1 unspecified atom stereocenters. The summed E-state index contributed by atoms with van der Waals surface area (Å²) in [7, 11) is 0. The number of nitrogens with zero attached hydrogens (tertiary/aromatic N) is 2. The molecule has 24 heavy (non-hydrogen) atoms. The highest BCUT2D eigenvalue weighted by atomic mass is 35.5. The van der Waals surface area contributed by atoms with Gasteiger partial charge < -0.3 is 9.88 Å². The van der Waals surface area contributed by atoms with Gasteiger partial charge in [0.15, 0.2) is 0 Å². The molecule has 0 saturated heterocycles. The maximum Gasteiger partial charge on any atom is 0.0949 e. The van der Waals surface area contributed by atoms with Crippen molar-refractivity contribution in [2.75, 3.05) is 0 Å². The Hall–Kier alpha value is -1.81. The zero-order valence-electron chi connectivity index (χ0n) is 13.4. The number of nitrogens with one attached hydrogen (secondary N) is 1. The Kier molecular flexibility index (Phi) is 5.56. The third-order valence-corrected chi connectivity index (χ3v) is 4.38. The van der Waals surface area contributed by atoms with Crippen LogP contribution in [0.25, 0.3) is 0 Å². The number of aromatic nitrogens is 2. The van der Waals surface area contributed by atoms with Gasteiger partial charge in [0.1, 0.15) is 0 Å². The van der Waals surface area contributed by atoms with Crippen LogP contribution in [0.2, 0.25) is 10.0 Å². The molecule has 0 aliphatic carbocycles. The fourth-order valence-electron chi connectivity index (χ4n) is 2.57. The lowest BCUT2D eigenvalue weighted by molar-refractivity contribution is 0.574. The summed E-state index contributed by atoms with van der Waals surface area (Å²) in [5.41, 5.74) is 3.58. The van der Waals surface area contributed by atoms with Gasteiger partial charge in [-0.1, -0.05) is 47.5 Å². The Morgan fingerprint density at radius 3 is 2.33 bits per heavy atom. The van der Waals surface area contributed by atoms with Gasteiger partial charge in [-0.25, -0.2) is 4.98 Å². The zero-order chi connectivity index (χ0) is 16.9. The van der Waals surface area contributed by atoms with Gasteiger partial charge in [0, 0.05) is 41.6 Å². The van der Waals surface area contributed by atoms with E-state index in [9.17, 15) is 0 Å². The lowest BCUT2D eigenvalue weighted by atomic mass is 10.1. The summed E-state index contributed by atoms with van der Waals surface area (Å²) < 4.78 is 2.05. The van der Waals surface area contributed by atoms with Gasteiger partial charge in [-0.3, -0.25) is 0 Å². The van der Waals surface area contributed by atoms with Gasteiger partial charge >= 0.3 is 0 Å². The highest BCUT2D eigenvalue weighted by Gasteiger charge is 2.07. The first-order chi connectivity index (χ1) is 11.6. The van der Waals surface area contributed by atoms with Crippen molar-refractivity contribution in [2.45, 2.75) is 26.1 Å². The molecule has 2 aromatic carbocycles. The fraction of sp³-hybridized carbons (Fsp3) is 0.211. The molecule has 0 aliphatic heterocycles. The molecule has 3 rings (SSSR count). The van der Waals surface area contributed by atoms with E-state index >= 15 is 0 Å². The maximum atomic E-state index is 6.07. The quantitative estimate of drug-likeness (QED) is 0.664. The number of hydrogen-bond donors (Lipinski definition) is 1. The highest BCUT2D eigenvalue weighted by molar-refractivity contribution is 6.34. The van der Waals surface area contributed by atoms with Crippen LogP contribution in [-0.2, 0) is 13.1 Å². The predicted octanol–water partition coefficient (Wildman–Crippen LogP) is 5.09. The Morgan fingerprint density at radius 2 is 1.71 bits per heavy atom. The fourth-order valence-corrected chi connectivity index (χ4v) is 3.11. The summed E-state index contributed by atoms with van der Waals surface area (Å²) in [5.74, 6) is 0. The van der Waals surface area contributed by atoms with Gasteiger partial charge in [0.2, 0.25) is 0 Å². The molecule has 1 aromatic heterocycles. The van der Waals surface area contributed by atoms with Crippen LogP contribution in [0.1, 0.15) is 29.7 Å². The first kappa shape index (κ1) is 17.0. The Balaban J connectivity index is 1.58. The summed E-state index contributed by atoms with van der Waals surface area (Å²) in [5, 5.41) is 4.83. The van der Waals surface area contributed by atoms with Crippen molar-refractivity contribution >= 4 is 23.2 Å². The number of rotatable bonds is 6. The van der Waals surface area contributed by atoms with E-state index in [0.717, 1.165) is 18.7 Å². The number of benzene rings is 2. The molecule has 0 bridgehead atoms. The Bertz CT molecular complexity index is 763. The standard InChI is InChI=1S/C19H19Cl2N3/c1-14(17-8-18(20)10-19(21)9-17)23-11-15-2-4-16(5-3-15)12-24-7-6-22-13-24/h2-10,13-14,23H,11-12H2,1H3. The van der Waals surface area contributed by atoms with E-state index in [1.165, 1.54) is 11.1 Å². The van der Waals surface area contributed by atoms with E-state index in [1.807, 2.05) is 24.7 Å². The third-order valence-electron chi connectivity index (χ3n) is 3.94. The summed E-state index contributed by atoms with van der Waals surface area (Å²) in [6.07, 6.45) is 5.59. The molecule has 0 spiro atoms. The van der Waals surface area contributed by atoms with E-state index < -0.39 is 0 Å². The normalized spacial score (nSPS) is 12.3. The molecule has 0 saturated carbocycles. The summed E-state index contributed by atoms with van der Waals surface area (Å²) in [6, 6.07) is 14.4.